The number of benzene rings is 4. The number of aryl methyl sites for hydroxylation is 2. The molecular formula is C34H32N4O5. The van der Waals surface area contributed by atoms with Crippen LogP contribution < -0.4 is 15.0 Å². The first-order valence-electron chi connectivity index (χ1n) is 13.9. The number of nitro benzene ring substituents is 1. The van der Waals surface area contributed by atoms with E-state index in [1.807, 2.05) is 56.3 Å². The molecule has 0 atom stereocenters. The summed E-state index contributed by atoms with van der Waals surface area (Å²) in [6, 6.07) is 23.3. The van der Waals surface area contributed by atoms with E-state index in [9.17, 15) is 14.9 Å². The van der Waals surface area contributed by atoms with Gasteiger partial charge in [0.15, 0.2) is 5.82 Å². The molecule has 0 radical (unpaired) electrons. The fourth-order valence-corrected chi connectivity index (χ4v) is 4.99. The zero-order valence-electron chi connectivity index (χ0n) is 24.7. The van der Waals surface area contributed by atoms with Gasteiger partial charge in [0.05, 0.1) is 29.2 Å². The average molecular weight is 577 g/mol. The zero-order chi connectivity index (χ0) is 30.7. The Hall–Kier alpha value is -5.31. The van der Waals surface area contributed by atoms with Gasteiger partial charge in [0.1, 0.15) is 12.4 Å². The van der Waals surface area contributed by atoms with Crippen LogP contribution in [0.2, 0.25) is 0 Å². The lowest BCUT2D eigenvalue weighted by Crippen LogP contribution is -2.21. The number of methoxy groups -OCH3 is 1. The number of nitrogens with zero attached hydrogens (tertiary/aromatic N) is 4. The highest BCUT2D eigenvalue weighted by atomic mass is 16.6. The lowest BCUT2D eigenvalue weighted by Gasteiger charge is -2.17. The molecule has 9 heteroatoms. The summed E-state index contributed by atoms with van der Waals surface area (Å²) < 4.78 is 12.9. The number of ether oxygens (including phenoxy) is 2. The Morgan fingerprint density at radius 2 is 1.79 bits per heavy atom. The minimum atomic E-state index is -0.494. The van der Waals surface area contributed by atoms with Gasteiger partial charge in [0.2, 0.25) is 5.75 Å². The number of fused-ring (bicyclic) bond motifs is 1. The molecule has 9 nitrogen and oxygen atoms in total. The van der Waals surface area contributed by atoms with Gasteiger partial charge in [0.25, 0.3) is 5.56 Å². The molecule has 0 unspecified atom stereocenters. The first-order chi connectivity index (χ1) is 20.7. The van der Waals surface area contributed by atoms with Crippen molar-refractivity contribution in [3.63, 3.8) is 0 Å². The van der Waals surface area contributed by atoms with Crippen LogP contribution in [0.3, 0.4) is 0 Å². The van der Waals surface area contributed by atoms with Crippen molar-refractivity contribution >= 4 is 22.8 Å². The first-order valence-corrected chi connectivity index (χ1v) is 13.9. The van der Waals surface area contributed by atoms with E-state index in [-0.39, 0.29) is 29.5 Å². The van der Waals surface area contributed by atoms with E-state index in [0.29, 0.717) is 22.3 Å². The summed E-state index contributed by atoms with van der Waals surface area (Å²) in [7, 11) is 1.63. The fourth-order valence-electron chi connectivity index (χ4n) is 4.99. The fraction of sp³-hybridized carbons (Fsp3) is 0.206. The highest BCUT2D eigenvalue weighted by Gasteiger charge is 2.21. The summed E-state index contributed by atoms with van der Waals surface area (Å²) in [5, 5.41) is 16.9. The van der Waals surface area contributed by atoms with Gasteiger partial charge in [-0.15, -0.1) is 0 Å². The minimum Gasteiger partial charge on any atom is -0.496 e. The van der Waals surface area contributed by atoms with Crippen molar-refractivity contribution in [1.82, 2.24) is 9.66 Å². The highest BCUT2D eigenvalue weighted by Crippen LogP contribution is 2.34. The van der Waals surface area contributed by atoms with Crippen LogP contribution in [0.25, 0.3) is 22.3 Å². The normalized spacial score (nSPS) is 11.4. The SMILES string of the molecule is COc1cc(C)c(-c2nc3ccccc3c(=O)n2N=Cc2cccc([N+](=O)[O-])c2OCc2cccc(C)c2)cc1C(C)C. The maximum atomic E-state index is 13.8. The summed E-state index contributed by atoms with van der Waals surface area (Å²) in [6.45, 7) is 8.15. The van der Waals surface area contributed by atoms with E-state index < -0.39 is 4.92 Å². The second kappa shape index (κ2) is 12.3. The predicted molar refractivity (Wildman–Crippen MR) is 168 cm³/mol. The molecule has 0 spiro atoms. The third-order valence-corrected chi connectivity index (χ3v) is 7.19. The summed E-state index contributed by atoms with van der Waals surface area (Å²) in [5.74, 6) is 1.30. The monoisotopic (exact) mass is 576 g/mol. The van der Waals surface area contributed by atoms with E-state index in [1.54, 1.807) is 37.4 Å². The third kappa shape index (κ3) is 6.01. The van der Waals surface area contributed by atoms with E-state index in [2.05, 4.69) is 18.9 Å². The smallest absolute Gasteiger partial charge is 0.311 e. The van der Waals surface area contributed by atoms with Gasteiger partial charge < -0.3 is 9.47 Å². The Balaban J connectivity index is 1.67. The number of hydrogen-bond donors (Lipinski definition) is 0. The Bertz CT molecular complexity index is 1930. The number of para-hydroxylation sites is 2. The Labute approximate surface area is 249 Å². The van der Waals surface area contributed by atoms with Crippen molar-refractivity contribution in [2.75, 3.05) is 7.11 Å². The lowest BCUT2D eigenvalue weighted by molar-refractivity contribution is -0.385. The molecule has 0 fully saturated rings. The van der Waals surface area contributed by atoms with Crippen LogP contribution in [0.4, 0.5) is 5.69 Å². The van der Waals surface area contributed by atoms with Gasteiger partial charge in [-0.2, -0.15) is 9.78 Å². The molecule has 43 heavy (non-hydrogen) atoms. The zero-order valence-corrected chi connectivity index (χ0v) is 24.7. The van der Waals surface area contributed by atoms with Crippen molar-refractivity contribution in [3.05, 3.63) is 127 Å². The van der Waals surface area contributed by atoms with Gasteiger partial charge in [-0.25, -0.2) is 4.98 Å². The second-order valence-electron chi connectivity index (χ2n) is 10.6. The maximum Gasteiger partial charge on any atom is 0.311 e. The summed E-state index contributed by atoms with van der Waals surface area (Å²) in [4.78, 5) is 30.1. The van der Waals surface area contributed by atoms with E-state index >= 15 is 0 Å². The molecule has 0 amide bonds. The molecule has 0 saturated carbocycles. The quantitative estimate of drug-likeness (QED) is 0.104. The number of hydrogen-bond acceptors (Lipinski definition) is 7. The largest absolute Gasteiger partial charge is 0.496 e. The molecule has 0 aliphatic rings. The third-order valence-electron chi connectivity index (χ3n) is 7.19. The molecule has 1 heterocycles. The van der Waals surface area contributed by atoms with E-state index in [4.69, 9.17) is 14.5 Å². The molecule has 1 aromatic heterocycles. The van der Waals surface area contributed by atoms with Gasteiger partial charge in [0, 0.05) is 17.2 Å². The summed E-state index contributed by atoms with van der Waals surface area (Å²) in [6.07, 6.45) is 1.40. The van der Waals surface area contributed by atoms with Crippen LogP contribution in [0.1, 0.15) is 47.6 Å². The number of aromatic nitrogens is 2. The maximum absolute atomic E-state index is 13.8. The van der Waals surface area contributed by atoms with Gasteiger partial charge in [-0.05, 0) is 66.8 Å². The topological polar surface area (TPSA) is 109 Å². The van der Waals surface area contributed by atoms with Crippen LogP contribution >= 0.6 is 0 Å². The number of nitro groups is 1. The second-order valence-corrected chi connectivity index (χ2v) is 10.6. The molecule has 5 rings (SSSR count). The molecule has 0 N–H and O–H groups in total. The van der Waals surface area contributed by atoms with Gasteiger partial charge in [-0.1, -0.05) is 61.9 Å². The van der Waals surface area contributed by atoms with Crippen molar-refractivity contribution in [2.24, 2.45) is 5.10 Å². The first kappa shape index (κ1) is 29.2. The Kier molecular flexibility index (Phi) is 8.34. The molecule has 0 aliphatic heterocycles. The average Bonchev–Trinajstić information content (AvgIpc) is 2.99. The standard InChI is InChI=1S/C34H32N4O5/c1-21(2)27-18-28(23(4)17-31(27)42-5)33-36-29-14-7-6-13-26(29)34(39)37(33)35-19-25-12-9-15-30(38(40)41)32(25)43-20-24-11-8-10-22(3)16-24/h6-19,21H,20H2,1-5H3. The van der Waals surface area contributed by atoms with Crippen LogP contribution in [-0.4, -0.2) is 27.9 Å². The van der Waals surface area contributed by atoms with Crippen LogP contribution in [0.5, 0.6) is 11.5 Å². The molecule has 218 valence electrons. The van der Waals surface area contributed by atoms with Crippen LogP contribution in [0, 0.1) is 24.0 Å². The molecule has 5 aromatic rings. The van der Waals surface area contributed by atoms with E-state index in [1.165, 1.54) is 17.0 Å². The summed E-state index contributed by atoms with van der Waals surface area (Å²) in [5.41, 5.74) is 4.77. The molecule has 4 aromatic carbocycles. The molecular weight excluding hydrogens is 544 g/mol. The van der Waals surface area contributed by atoms with Crippen molar-refractivity contribution in [3.8, 4) is 22.9 Å². The highest BCUT2D eigenvalue weighted by molar-refractivity contribution is 5.86. The van der Waals surface area contributed by atoms with Crippen molar-refractivity contribution in [1.29, 1.82) is 0 Å². The summed E-state index contributed by atoms with van der Waals surface area (Å²) >= 11 is 0. The Morgan fingerprint density at radius 1 is 1.02 bits per heavy atom. The lowest BCUT2D eigenvalue weighted by atomic mass is 9.96. The van der Waals surface area contributed by atoms with Crippen molar-refractivity contribution < 1.29 is 14.4 Å². The van der Waals surface area contributed by atoms with Crippen LogP contribution in [0.15, 0.2) is 88.8 Å². The predicted octanol–water partition coefficient (Wildman–Crippen LogP) is 7.18. The van der Waals surface area contributed by atoms with Gasteiger partial charge in [-0.3, -0.25) is 14.9 Å². The Morgan fingerprint density at radius 3 is 2.51 bits per heavy atom. The van der Waals surface area contributed by atoms with Gasteiger partial charge >= 0.3 is 5.69 Å². The minimum absolute atomic E-state index is 0.0591. The number of rotatable bonds is 9. The molecule has 0 bridgehead atoms. The van der Waals surface area contributed by atoms with Crippen molar-refractivity contribution in [2.45, 2.75) is 40.2 Å². The van der Waals surface area contributed by atoms with E-state index in [0.717, 1.165) is 33.6 Å². The molecule has 0 saturated heterocycles. The van der Waals surface area contributed by atoms with Crippen LogP contribution in [-0.2, 0) is 6.61 Å². The molecule has 0 aliphatic carbocycles.